The molecule has 0 atom stereocenters. The van der Waals surface area contributed by atoms with Gasteiger partial charge < -0.3 is 0 Å². The van der Waals surface area contributed by atoms with Gasteiger partial charge in [-0.15, -0.1) is 6.58 Å². The van der Waals surface area contributed by atoms with Gasteiger partial charge in [-0.1, -0.05) is 19.9 Å². The highest BCUT2D eigenvalue weighted by molar-refractivity contribution is 4.79. The van der Waals surface area contributed by atoms with Gasteiger partial charge in [0.25, 0.3) is 0 Å². The van der Waals surface area contributed by atoms with Crippen molar-refractivity contribution in [2.24, 2.45) is 5.92 Å². The summed E-state index contributed by atoms with van der Waals surface area (Å²) in [5, 5.41) is 0. The summed E-state index contributed by atoms with van der Waals surface area (Å²) in [6.07, 6.45) is 5.19. The van der Waals surface area contributed by atoms with Gasteiger partial charge in [0, 0.05) is 0 Å². The number of rotatable bonds is 3. The van der Waals surface area contributed by atoms with Gasteiger partial charge in [0.2, 0.25) is 0 Å². The van der Waals surface area contributed by atoms with Gasteiger partial charge in [-0.3, -0.25) is 0 Å². The van der Waals surface area contributed by atoms with Crippen molar-refractivity contribution in [3.05, 3.63) is 19.1 Å². The topological polar surface area (TPSA) is 0 Å². The molecule has 0 aliphatic rings. The second-order valence-corrected chi connectivity index (χ2v) is 2.00. The number of hydrogen-bond donors (Lipinski definition) is 0. The zero-order valence-electron chi connectivity index (χ0n) is 5.15. The van der Waals surface area contributed by atoms with E-state index < -0.39 is 0 Å². The normalized spacial score (nSPS) is 9.57. The fourth-order valence-corrected chi connectivity index (χ4v) is 0.368. The highest BCUT2D eigenvalue weighted by Crippen LogP contribution is 2.00. The number of allylic oxidation sites excluding steroid dienone is 1. The lowest BCUT2D eigenvalue weighted by atomic mass is 10.1. The first-order valence-electron chi connectivity index (χ1n) is 2.71. The number of hydrogen-bond acceptors (Lipinski definition) is 0. The van der Waals surface area contributed by atoms with E-state index in [2.05, 4.69) is 26.8 Å². The Balaban J connectivity index is 2.81. The van der Waals surface area contributed by atoms with E-state index in [1.807, 2.05) is 6.08 Å². The smallest absolute Gasteiger partial charge is 0.0320 e. The molecule has 0 unspecified atom stereocenters. The van der Waals surface area contributed by atoms with Crippen molar-refractivity contribution < 1.29 is 0 Å². The van der Waals surface area contributed by atoms with Gasteiger partial charge in [0.05, 0.1) is 0 Å². The van der Waals surface area contributed by atoms with Crippen molar-refractivity contribution in [1.82, 2.24) is 0 Å². The molecule has 0 aliphatic heterocycles. The lowest BCUT2D eigenvalue weighted by molar-refractivity contribution is 0.739. The van der Waals surface area contributed by atoms with Crippen molar-refractivity contribution in [2.45, 2.75) is 20.3 Å². The first-order valence-corrected chi connectivity index (χ1v) is 2.71. The van der Waals surface area contributed by atoms with E-state index in [0.717, 1.165) is 6.42 Å². The fraction of sp³-hybridized carbons (Fsp3) is 0.571. The second kappa shape index (κ2) is 3.91. The quantitative estimate of drug-likeness (QED) is 0.474. The summed E-state index contributed by atoms with van der Waals surface area (Å²) in [5.41, 5.74) is 0. The van der Waals surface area contributed by atoms with Crippen LogP contribution in [0.1, 0.15) is 20.3 Å². The van der Waals surface area contributed by atoms with E-state index in [4.69, 9.17) is 0 Å². The molecule has 0 rings (SSSR count). The summed E-state index contributed by atoms with van der Waals surface area (Å²) in [6, 6.07) is 0. The van der Waals surface area contributed by atoms with Crippen molar-refractivity contribution >= 4 is 0 Å². The van der Waals surface area contributed by atoms with E-state index in [9.17, 15) is 0 Å². The summed E-state index contributed by atoms with van der Waals surface area (Å²) < 4.78 is 0. The molecular weight excluding hydrogens is 84.1 g/mol. The molecule has 1 radical (unpaired) electrons. The highest BCUT2D eigenvalue weighted by Gasteiger charge is 1.87. The van der Waals surface area contributed by atoms with E-state index in [0.29, 0.717) is 5.92 Å². The average molecular weight is 97.2 g/mol. The van der Waals surface area contributed by atoms with Crippen molar-refractivity contribution in [2.75, 3.05) is 0 Å². The molecule has 41 valence electrons. The Kier molecular flexibility index (Phi) is 3.77. The zero-order valence-corrected chi connectivity index (χ0v) is 5.15. The first-order chi connectivity index (χ1) is 3.27. The van der Waals surface area contributed by atoms with Crippen LogP contribution in [-0.4, -0.2) is 0 Å². The van der Waals surface area contributed by atoms with E-state index >= 15 is 0 Å². The molecule has 0 saturated carbocycles. The molecule has 0 nitrogen and oxygen atoms in total. The van der Waals surface area contributed by atoms with Crippen molar-refractivity contribution in [3.8, 4) is 0 Å². The Morgan fingerprint density at radius 2 is 2.14 bits per heavy atom. The van der Waals surface area contributed by atoms with Crippen molar-refractivity contribution in [1.29, 1.82) is 0 Å². The maximum absolute atomic E-state index is 3.60. The molecule has 0 aromatic heterocycles. The molecule has 0 amide bonds. The highest BCUT2D eigenvalue weighted by atomic mass is 13.9. The third-order valence-corrected chi connectivity index (χ3v) is 0.774. The van der Waals surface area contributed by atoms with Crippen LogP contribution in [0.2, 0.25) is 0 Å². The van der Waals surface area contributed by atoms with Crippen molar-refractivity contribution in [3.63, 3.8) is 0 Å². The summed E-state index contributed by atoms with van der Waals surface area (Å²) in [5.74, 6) is 0.706. The zero-order chi connectivity index (χ0) is 5.70. The molecule has 0 heterocycles. The van der Waals surface area contributed by atoms with E-state index in [1.54, 1.807) is 0 Å². The van der Waals surface area contributed by atoms with Crippen LogP contribution in [0, 0.1) is 12.3 Å². The summed E-state index contributed by atoms with van der Waals surface area (Å²) in [6.45, 7) is 7.94. The van der Waals surface area contributed by atoms with Crippen LogP contribution in [-0.2, 0) is 0 Å². The van der Waals surface area contributed by atoms with Crippen LogP contribution in [0.3, 0.4) is 0 Å². The Hall–Kier alpha value is -0.260. The van der Waals surface area contributed by atoms with Gasteiger partial charge in [-0.25, -0.2) is 0 Å². The summed E-state index contributed by atoms with van der Waals surface area (Å²) >= 11 is 0. The molecule has 0 heteroatoms. The molecule has 0 fully saturated rings. The van der Waals surface area contributed by atoms with Crippen LogP contribution >= 0.6 is 0 Å². The van der Waals surface area contributed by atoms with Gasteiger partial charge in [0.1, 0.15) is 0 Å². The Bertz CT molecular complexity index is 44.0. The van der Waals surface area contributed by atoms with Crippen LogP contribution in [0.5, 0.6) is 0 Å². The van der Waals surface area contributed by atoms with Crippen LogP contribution in [0.25, 0.3) is 0 Å². The van der Waals surface area contributed by atoms with Crippen LogP contribution in [0.15, 0.2) is 12.7 Å². The molecule has 0 aliphatic carbocycles. The third kappa shape index (κ3) is 5.74. The maximum atomic E-state index is 3.60. The summed E-state index contributed by atoms with van der Waals surface area (Å²) in [4.78, 5) is 0. The Labute approximate surface area is 46.2 Å². The average Bonchev–Trinajstić information content (AvgIpc) is 1.61. The third-order valence-electron chi connectivity index (χ3n) is 0.774. The monoisotopic (exact) mass is 97.1 g/mol. The van der Waals surface area contributed by atoms with Gasteiger partial charge in [-0.05, 0) is 18.8 Å². The molecule has 0 saturated heterocycles. The largest absolute Gasteiger partial charge is 0.103 e. The van der Waals surface area contributed by atoms with E-state index in [-0.39, 0.29) is 0 Å². The standard InChI is InChI=1S/C7H13/c1-4-5-6-7(2)3/h4,6-7H,1,5H2,2-3H3. The van der Waals surface area contributed by atoms with Gasteiger partial charge in [-0.2, -0.15) is 0 Å². The lowest BCUT2D eigenvalue weighted by Gasteiger charge is -1.96. The van der Waals surface area contributed by atoms with Gasteiger partial charge in [0.15, 0.2) is 0 Å². The molecule has 7 heavy (non-hydrogen) atoms. The molecule has 0 aromatic carbocycles. The fourth-order valence-electron chi connectivity index (χ4n) is 0.368. The molecule has 0 spiro atoms. The molecular formula is C7H13. The second-order valence-electron chi connectivity index (χ2n) is 2.00. The minimum absolute atomic E-state index is 0.706. The lowest BCUT2D eigenvalue weighted by Crippen LogP contribution is -1.84. The molecule has 0 N–H and O–H groups in total. The predicted octanol–water partition coefficient (Wildman–Crippen LogP) is 2.42. The first kappa shape index (κ1) is 6.74. The Morgan fingerprint density at radius 1 is 1.57 bits per heavy atom. The molecule has 0 bridgehead atoms. The Morgan fingerprint density at radius 3 is 2.29 bits per heavy atom. The minimum Gasteiger partial charge on any atom is -0.103 e. The van der Waals surface area contributed by atoms with Gasteiger partial charge >= 0.3 is 0 Å². The van der Waals surface area contributed by atoms with E-state index in [1.165, 1.54) is 0 Å². The predicted molar refractivity (Wildman–Crippen MR) is 34.0 cm³/mol. The minimum atomic E-state index is 0.706. The van der Waals surface area contributed by atoms with Crippen LogP contribution in [0.4, 0.5) is 0 Å². The SMILES string of the molecule is C=CC[CH]C(C)C. The molecule has 0 aromatic rings. The summed E-state index contributed by atoms with van der Waals surface area (Å²) in [7, 11) is 0. The van der Waals surface area contributed by atoms with Crippen LogP contribution < -0.4 is 0 Å². The maximum Gasteiger partial charge on any atom is -0.0320 e.